The lowest BCUT2D eigenvalue weighted by atomic mass is 9.94. The molecule has 1 aromatic rings. The first kappa shape index (κ1) is 32.1. The van der Waals surface area contributed by atoms with E-state index in [9.17, 15) is 9.59 Å². The van der Waals surface area contributed by atoms with Crippen LogP contribution in [0.2, 0.25) is 0 Å². The van der Waals surface area contributed by atoms with Gasteiger partial charge in [0.2, 0.25) is 0 Å². The van der Waals surface area contributed by atoms with Gasteiger partial charge in [-0.3, -0.25) is 4.90 Å². The minimum absolute atomic E-state index is 0.518. The summed E-state index contributed by atoms with van der Waals surface area (Å²) in [7, 11) is 1.76. The average Bonchev–Trinajstić information content (AvgIpc) is 2.73. The molecule has 0 heterocycles. The van der Waals surface area contributed by atoms with Crippen LogP contribution in [0, 0.1) is 18.8 Å². The molecule has 0 aliphatic rings. The third-order valence-corrected chi connectivity index (χ3v) is 4.68. The normalized spacial score (nSPS) is 11.0. The molecule has 0 fully saturated rings. The third kappa shape index (κ3) is 16.3. The second kappa shape index (κ2) is 18.5. The van der Waals surface area contributed by atoms with Crippen molar-refractivity contribution >= 4 is 11.9 Å². The van der Waals surface area contributed by atoms with Gasteiger partial charge in [-0.2, -0.15) is 0 Å². The second-order valence-electron chi connectivity index (χ2n) is 7.97. The fourth-order valence-electron chi connectivity index (χ4n) is 3.09. The molecule has 0 amide bonds. The molecule has 1 atom stereocenters. The molecular formula is C27H41NO5. The molecule has 0 aromatic heterocycles. The number of rotatable bonds is 9. The lowest BCUT2D eigenvalue weighted by Gasteiger charge is -2.31. The van der Waals surface area contributed by atoms with Crippen LogP contribution in [0.4, 0.5) is 0 Å². The SMILES string of the molecule is C=CC#CC.COc1ccc(C)cc1C(C)CCN(C(C)C)C(C)C.O=C(O)/C=C/C(=O)O. The lowest BCUT2D eigenvalue weighted by Crippen LogP contribution is -2.38. The number of carbonyl (C=O) groups is 2. The fraction of sp³-hybridized carbons (Fsp3) is 0.481. The van der Waals surface area contributed by atoms with Crippen molar-refractivity contribution < 1.29 is 24.5 Å². The smallest absolute Gasteiger partial charge is 0.328 e. The maximum atomic E-state index is 9.55. The molecule has 0 bridgehead atoms. The highest BCUT2D eigenvalue weighted by Gasteiger charge is 2.17. The van der Waals surface area contributed by atoms with Crippen molar-refractivity contribution in [2.75, 3.05) is 13.7 Å². The Kier molecular flexibility index (Phi) is 18.0. The van der Waals surface area contributed by atoms with Crippen molar-refractivity contribution in [3.05, 3.63) is 54.1 Å². The number of nitrogens with zero attached hydrogens (tertiary/aromatic N) is 1. The van der Waals surface area contributed by atoms with Gasteiger partial charge in [-0.15, -0.1) is 5.92 Å². The monoisotopic (exact) mass is 459 g/mol. The number of benzene rings is 1. The third-order valence-electron chi connectivity index (χ3n) is 4.68. The molecule has 6 nitrogen and oxygen atoms in total. The largest absolute Gasteiger partial charge is 0.496 e. The topological polar surface area (TPSA) is 87.1 Å². The van der Waals surface area contributed by atoms with Gasteiger partial charge in [0, 0.05) is 24.2 Å². The molecule has 2 N–H and O–H groups in total. The summed E-state index contributed by atoms with van der Waals surface area (Å²) in [5.74, 6) is 4.30. The summed E-state index contributed by atoms with van der Waals surface area (Å²) < 4.78 is 5.51. The molecule has 33 heavy (non-hydrogen) atoms. The van der Waals surface area contributed by atoms with E-state index in [0.717, 1.165) is 18.7 Å². The summed E-state index contributed by atoms with van der Waals surface area (Å²) in [5.41, 5.74) is 2.64. The molecule has 184 valence electrons. The van der Waals surface area contributed by atoms with E-state index in [-0.39, 0.29) is 0 Å². The number of ether oxygens (including phenoxy) is 1. The predicted octanol–water partition coefficient (Wildman–Crippen LogP) is 5.52. The van der Waals surface area contributed by atoms with E-state index in [1.54, 1.807) is 20.1 Å². The molecule has 1 unspecified atom stereocenters. The van der Waals surface area contributed by atoms with Gasteiger partial charge in [0.05, 0.1) is 7.11 Å². The van der Waals surface area contributed by atoms with Gasteiger partial charge >= 0.3 is 11.9 Å². The first-order valence-corrected chi connectivity index (χ1v) is 11.0. The molecule has 1 rings (SSSR count). The van der Waals surface area contributed by atoms with Crippen LogP contribution in [0.1, 0.15) is 65.0 Å². The van der Waals surface area contributed by atoms with Crippen molar-refractivity contribution in [2.24, 2.45) is 0 Å². The summed E-state index contributed by atoms with van der Waals surface area (Å²) in [6.45, 7) is 19.8. The Morgan fingerprint density at radius 2 is 1.61 bits per heavy atom. The Morgan fingerprint density at radius 1 is 1.09 bits per heavy atom. The van der Waals surface area contributed by atoms with Crippen LogP contribution in [0.5, 0.6) is 5.75 Å². The Hall–Kier alpha value is -3.04. The molecule has 0 saturated heterocycles. The average molecular weight is 460 g/mol. The van der Waals surface area contributed by atoms with Crippen LogP contribution in [-0.2, 0) is 9.59 Å². The lowest BCUT2D eigenvalue weighted by molar-refractivity contribution is -0.134. The van der Waals surface area contributed by atoms with E-state index in [4.69, 9.17) is 14.9 Å². The number of hydrogen-bond acceptors (Lipinski definition) is 4. The van der Waals surface area contributed by atoms with E-state index in [1.165, 1.54) is 11.1 Å². The summed E-state index contributed by atoms with van der Waals surface area (Å²) in [6.07, 6.45) is 3.85. The highest BCUT2D eigenvalue weighted by molar-refractivity contribution is 5.89. The number of hydrogen-bond donors (Lipinski definition) is 2. The summed E-state index contributed by atoms with van der Waals surface area (Å²) in [6, 6.07) is 7.66. The first-order chi connectivity index (χ1) is 15.4. The Labute approximate surface area is 200 Å². The van der Waals surface area contributed by atoms with Gasteiger partial charge < -0.3 is 14.9 Å². The van der Waals surface area contributed by atoms with Crippen LogP contribution in [-0.4, -0.2) is 52.8 Å². The van der Waals surface area contributed by atoms with Gasteiger partial charge in [0.25, 0.3) is 0 Å². The van der Waals surface area contributed by atoms with E-state index >= 15 is 0 Å². The van der Waals surface area contributed by atoms with E-state index in [2.05, 4.69) is 83.1 Å². The quantitative estimate of drug-likeness (QED) is 0.373. The van der Waals surface area contributed by atoms with Gasteiger partial charge in [-0.05, 0) is 78.1 Å². The standard InChI is InChI=1S/C18H31NO.C5H6.C4H4O4/c1-13(2)19(14(3)4)11-10-16(6)17-12-15(5)8-9-18(17)20-7;1-3-5-4-2;5-3(6)1-2-4(7)8/h8-9,12-14,16H,10-11H2,1-7H3;3H,1H2,2H3;1-2H,(H,5,6)(H,7,8)/b;;2-1+. The summed E-state index contributed by atoms with van der Waals surface area (Å²) in [4.78, 5) is 21.7. The number of methoxy groups -OCH3 is 1. The zero-order chi connectivity index (χ0) is 26.0. The Bertz CT molecular complexity index is 792. The second-order valence-corrected chi connectivity index (χ2v) is 7.97. The van der Waals surface area contributed by atoms with Crippen molar-refractivity contribution in [2.45, 2.75) is 72.9 Å². The van der Waals surface area contributed by atoms with Crippen LogP contribution < -0.4 is 4.74 Å². The van der Waals surface area contributed by atoms with E-state index in [1.807, 2.05) is 0 Å². The van der Waals surface area contributed by atoms with E-state index < -0.39 is 11.9 Å². The number of aryl methyl sites for hydroxylation is 1. The van der Waals surface area contributed by atoms with E-state index in [0.29, 0.717) is 30.2 Å². The molecule has 0 radical (unpaired) electrons. The molecular weight excluding hydrogens is 418 g/mol. The Morgan fingerprint density at radius 3 is 1.94 bits per heavy atom. The van der Waals surface area contributed by atoms with Crippen molar-refractivity contribution in [1.29, 1.82) is 0 Å². The van der Waals surface area contributed by atoms with Gasteiger partial charge in [0.1, 0.15) is 5.75 Å². The van der Waals surface area contributed by atoms with Crippen molar-refractivity contribution in [3.8, 4) is 17.6 Å². The van der Waals surface area contributed by atoms with Crippen LogP contribution in [0.15, 0.2) is 43.0 Å². The van der Waals surface area contributed by atoms with Gasteiger partial charge in [-0.25, -0.2) is 9.59 Å². The van der Waals surface area contributed by atoms with Crippen molar-refractivity contribution in [3.63, 3.8) is 0 Å². The zero-order valence-corrected chi connectivity index (χ0v) is 21.4. The minimum Gasteiger partial charge on any atom is -0.496 e. The van der Waals surface area contributed by atoms with Gasteiger partial charge in [-0.1, -0.05) is 37.1 Å². The molecule has 0 aliphatic heterocycles. The highest BCUT2D eigenvalue weighted by atomic mass is 16.5. The first-order valence-electron chi connectivity index (χ1n) is 11.0. The van der Waals surface area contributed by atoms with Crippen molar-refractivity contribution in [1.82, 2.24) is 4.90 Å². The fourth-order valence-corrected chi connectivity index (χ4v) is 3.09. The van der Waals surface area contributed by atoms with Crippen LogP contribution >= 0.6 is 0 Å². The van der Waals surface area contributed by atoms with Crippen LogP contribution in [0.25, 0.3) is 0 Å². The maximum absolute atomic E-state index is 9.55. The summed E-state index contributed by atoms with van der Waals surface area (Å²) in [5, 5.41) is 15.6. The Balaban J connectivity index is 0. The molecule has 1 aromatic carbocycles. The maximum Gasteiger partial charge on any atom is 0.328 e. The summed E-state index contributed by atoms with van der Waals surface area (Å²) >= 11 is 0. The number of allylic oxidation sites excluding steroid dienone is 1. The number of carboxylic acid groups (broad SMARTS) is 2. The highest BCUT2D eigenvalue weighted by Crippen LogP contribution is 2.30. The molecule has 0 saturated carbocycles. The number of aliphatic carboxylic acids is 2. The molecule has 0 aliphatic carbocycles. The van der Waals surface area contributed by atoms with Crippen LogP contribution in [0.3, 0.4) is 0 Å². The predicted molar refractivity (Wildman–Crippen MR) is 136 cm³/mol. The molecule has 6 heteroatoms. The zero-order valence-electron chi connectivity index (χ0n) is 21.4. The number of carboxylic acids is 2. The minimum atomic E-state index is -1.26. The molecule has 0 spiro atoms. The van der Waals surface area contributed by atoms with Gasteiger partial charge in [0.15, 0.2) is 0 Å².